The van der Waals surface area contributed by atoms with Crippen LogP contribution in [0.4, 0.5) is 0 Å². The number of rotatable bonds is 4. The van der Waals surface area contributed by atoms with Gasteiger partial charge >= 0.3 is 5.97 Å². The number of fused-ring (bicyclic) bond motifs is 5. The Labute approximate surface area is 177 Å². The van der Waals surface area contributed by atoms with Crippen molar-refractivity contribution in [1.29, 1.82) is 0 Å². The van der Waals surface area contributed by atoms with Gasteiger partial charge in [-0.05, 0) is 91.3 Å². The maximum absolute atomic E-state index is 13.7. The molecule has 0 aliphatic heterocycles. The van der Waals surface area contributed by atoms with Gasteiger partial charge in [0, 0.05) is 18.8 Å². The Morgan fingerprint density at radius 3 is 2.62 bits per heavy atom. The summed E-state index contributed by atoms with van der Waals surface area (Å²) in [5, 5.41) is 0. The summed E-state index contributed by atoms with van der Waals surface area (Å²) in [7, 11) is 1.47. The lowest BCUT2D eigenvalue weighted by Gasteiger charge is -2.60. The van der Waals surface area contributed by atoms with E-state index in [0.717, 1.165) is 24.7 Å². The van der Waals surface area contributed by atoms with Gasteiger partial charge in [0.2, 0.25) is 0 Å². The molecule has 0 spiro atoms. The molecule has 29 heavy (non-hydrogen) atoms. The number of esters is 1. The van der Waals surface area contributed by atoms with Gasteiger partial charge in [-0.3, -0.25) is 9.59 Å². The minimum absolute atomic E-state index is 0.103. The Balaban J connectivity index is 1.54. The summed E-state index contributed by atoms with van der Waals surface area (Å²) in [5.74, 6) is 4.75. The molecule has 3 nitrogen and oxygen atoms in total. The van der Waals surface area contributed by atoms with Crippen LogP contribution in [-0.4, -0.2) is 18.9 Å². The third-order valence-corrected chi connectivity index (χ3v) is 10.4. The Bertz CT molecular complexity index is 656. The van der Waals surface area contributed by atoms with Crippen LogP contribution in [0.15, 0.2) is 0 Å². The molecule has 0 aromatic carbocycles. The molecule has 3 heteroatoms. The number of ketones is 1. The maximum atomic E-state index is 13.7. The van der Waals surface area contributed by atoms with Gasteiger partial charge in [-0.2, -0.15) is 0 Å². The first-order valence-electron chi connectivity index (χ1n) is 12.3. The van der Waals surface area contributed by atoms with E-state index in [4.69, 9.17) is 4.74 Å². The van der Waals surface area contributed by atoms with Crippen molar-refractivity contribution in [2.75, 3.05) is 7.11 Å². The van der Waals surface area contributed by atoms with Crippen LogP contribution in [0.5, 0.6) is 0 Å². The molecule has 4 saturated carbocycles. The van der Waals surface area contributed by atoms with E-state index in [1.54, 1.807) is 0 Å². The van der Waals surface area contributed by atoms with Gasteiger partial charge in [-0.15, -0.1) is 0 Å². The van der Waals surface area contributed by atoms with E-state index >= 15 is 0 Å². The number of hydrogen-bond acceptors (Lipinski definition) is 3. The molecule has 4 fully saturated rings. The molecular weight excluding hydrogens is 360 g/mol. The predicted molar refractivity (Wildman–Crippen MR) is 115 cm³/mol. The van der Waals surface area contributed by atoms with Crippen LogP contribution in [0.25, 0.3) is 0 Å². The first-order valence-corrected chi connectivity index (χ1v) is 12.3. The summed E-state index contributed by atoms with van der Waals surface area (Å²) in [5.41, 5.74) is 0.390. The van der Waals surface area contributed by atoms with Crippen LogP contribution in [-0.2, 0) is 14.3 Å². The number of ether oxygens (including phenoxy) is 1. The molecule has 0 saturated heterocycles. The zero-order valence-corrected chi connectivity index (χ0v) is 19.3. The first-order chi connectivity index (χ1) is 13.7. The second-order valence-corrected chi connectivity index (χ2v) is 11.8. The van der Waals surface area contributed by atoms with Gasteiger partial charge in [0.1, 0.15) is 5.78 Å². The van der Waals surface area contributed by atoms with Crippen molar-refractivity contribution < 1.29 is 14.3 Å². The zero-order chi connectivity index (χ0) is 21.0. The van der Waals surface area contributed by atoms with Gasteiger partial charge in [0.25, 0.3) is 0 Å². The molecule has 9 atom stereocenters. The second-order valence-electron chi connectivity index (χ2n) is 11.8. The molecule has 0 bridgehead atoms. The van der Waals surface area contributed by atoms with Crippen LogP contribution >= 0.6 is 0 Å². The first kappa shape index (κ1) is 21.4. The standard InChI is InChI=1S/C26H42O3/c1-16-12-13-25(3)18(14-16)7-8-19-21-10-9-20(17(2)6-11-23(28)29-5)26(21,4)15-22(27)24(19)25/h16-21,24H,6-15H2,1-5H3/t16?,17-,18?,19?,20?,21?,24?,25+,26-/m1/s1. The fraction of sp³-hybridized carbons (Fsp3) is 0.923. The van der Waals surface area contributed by atoms with E-state index < -0.39 is 0 Å². The number of Topliss-reactive ketones (excluding diaryl/α,β-unsaturated/α-hetero) is 1. The second kappa shape index (κ2) is 7.68. The SMILES string of the molecule is COC(=O)CC[C@@H](C)C1CCC2C3CCC4CC(C)CC[C@]4(C)C3C(=O)C[C@@]21C. The van der Waals surface area contributed by atoms with E-state index in [1.165, 1.54) is 52.1 Å². The molecule has 4 aliphatic rings. The maximum Gasteiger partial charge on any atom is 0.305 e. The van der Waals surface area contributed by atoms with Crippen molar-refractivity contribution in [2.24, 2.45) is 52.3 Å². The Morgan fingerprint density at radius 1 is 1.14 bits per heavy atom. The lowest BCUT2D eigenvalue weighted by atomic mass is 9.43. The van der Waals surface area contributed by atoms with Crippen LogP contribution in [0.3, 0.4) is 0 Å². The highest BCUT2D eigenvalue weighted by Crippen LogP contribution is 2.67. The van der Waals surface area contributed by atoms with Gasteiger partial charge in [0.15, 0.2) is 0 Å². The van der Waals surface area contributed by atoms with E-state index in [1.807, 2.05) is 0 Å². The number of hydrogen-bond donors (Lipinski definition) is 0. The lowest BCUT2D eigenvalue weighted by molar-refractivity contribution is -0.160. The van der Waals surface area contributed by atoms with E-state index in [2.05, 4.69) is 27.7 Å². The van der Waals surface area contributed by atoms with Crippen molar-refractivity contribution in [1.82, 2.24) is 0 Å². The summed E-state index contributed by atoms with van der Waals surface area (Å²) >= 11 is 0. The van der Waals surface area contributed by atoms with Gasteiger partial charge in [-0.25, -0.2) is 0 Å². The molecule has 0 aromatic rings. The van der Waals surface area contributed by atoms with Crippen molar-refractivity contribution in [3.63, 3.8) is 0 Å². The zero-order valence-electron chi connectivity index (χ0n) is 19.3. The molecule has 4 rings (SSSR count). The Kier molecular flexibility index (Phi) is 5.66. The molecule has 4 aliphatic carbocycles. The molecule has 0 aromatic heterocycles. The third-order valence-electron chi connectivity index (χ3n) is 10.4. The van der Waals surface area contributed by atoms with Gasteiger partial charge < -0.3 is 4.74 Å². The Hall–Kier alpha value is -0.860. The summed E-state index contributed by atoms with van der Waals surface area (Å²) < 4.78 is 4.86. The molecule has 0 N–H and O–H groups in total. The molecule has 0 amide bonds. The fourth-order valence-corrected chi connectivity index (χ4v) is 8.91. The monoisotopic (exact) mass is 402 g/mol. The highest BCUT2D eigenvalue weighted by atomic mass is 16.5. The normalized spacial score (nSPS) is 47.7. The average molecular weight is 403 g/mol. The van der Waals surface area contributed by atoms with Crippen LogP contribution in [0.2, 0.25) is 0 Å². The largest absolute Gasteiger partial charge is 0.469 e. The number of methoxy groups -OCH3 is 1. The van der Waals surface area contributed by atoms with Gasteiger partial charge in [-0.1, -0.05) is 34.1 Å². The summed E-state index contributed by atoms with van der Waals surface area (Å²) in [6, 6.07) is 0. The lowest BCUT2D eigenvalue weighted by Crippen LogP contribution is -2.57. The van der Waals surface area contributed by atoms with Crippen LogP contribution in [0.1, 0.15) is 91.9 Å². The highest BCUT2D eigenvalue weighted by Gasteiger charge is 2.63. The minimum atomic E-state index is -0.103. The van der Waals surface area contributed by atoms with E-state index in [0.29, 0.717) is 41.8 Å². The Morgan fingerprint density at radius 2 is 1.90 bits per heavy atom. The van der Waals surface area contributed by atoms with E-state index in [-0.39, 0.29) is 16.8 Å². The quantitative estimate of drug-likeness (QED) is 0.538. The van der Waals surface area contributed by atoms with Crippen LogP contribution < -0.4 is 0 Å². The average Bonchev–Trinajstić information content (AvgIpc) is 3.02. The molecule has 6 unspecified atom stereocenters. The molecular formula is C26H42O3. The minimum Gasteiger partial charge on any atom is -0.469 e. The number of carbonyl (C=O) groups is 2. The summed E-state index contributed by atoms with van der Waals surface area (Å²) in [6.45, 7) is 9.61. The van der Waals surface area contributed by atoms with E-state index in [9.17, 15) is 9.59 Å². The molecule has 0 radical (unpaired) electrons. The van der Waals surface area contributed by atoms with Crippen molar-refractivity contribution >= 4 is 11.8 Å². The van der Waals surface area contributed by atoms with Gasteiger partial charge in [0.05, 0.1) is 7.11 Å². The highest BCUT2D eigenvalue weighted by molar-refractivity contribution is 5.84. The predicted octanol–water partition coefficient (Wildman–Crippen LogP) is 6.05. The molecule has 164 valence electrons. The summed E-state index contributed by atoms with van der Waals surface area (Å²) in [6.07, 6.45) is 11.2. The fourth-order valence-electron chi connectivity index (χ4n) is 8.91. The van der Waals surface area contributed by atoms with Crippen molar-refractivity contribution in [3.05, 3.63) is 0 Å². The number of carbonyl (C=O) groups excluding carboxylic acids is 2. The smallest absolute Gasteiger partial charge is 0.305 e. The third kappa shape index (κ3) is 3.39. The van der Waals surface area contributed by atoms with Crippen molar-refractivity contribution in [3.8, 4) is 0 Å². The summed E-state index contributed by atoms with van der Waals surface area (Å²) in [4.78, 5) is 25.4. The molecule has 0 heterocycles. The van der Waals surface area contributed by atoms with Crippen LogP contribution in [0, 0.1) is 52.3 Å². The van der Waals surface area contributed by atoms with Crippen molar-refractivity contribution in [2.45, 2.75) is 91.9 Å². The topological polar surface area (TPSA) is 43.4 Å².